The van der Waals surface area contributed by atoms with Crippen LogP contribution in [0.3, 0.4) is 0 Å². The van der Waals surface area contributed by atoms with Crippen LogP contribution in [0.1, 0.15) is 39.0 Å². The van der Waals surface area contributed by atoms with E-state index in [4.69, 9.17) is 0 Å². The number of rotatable bonds is 3. The number of nitrogens with zero attached hydrogens (tertiary/aromatic N) is 2. The van der Waals surface area contributed by atoms with Crippen molar-refractivity contribution in [1.29, 1.82) is 0 Å². The van der Waals surface area contributed by atoms with E-state index in [1.54, 1.807) is 0 Å². The molecule has 0 bridgehead atoms. The van der Waals surface area contributed by atoms with E-state index in [-0.39, 0.29) is 0 Å². The third-order valence-electron chi connectivity index (χ3n) is 1.77. The van der Waals surface area contributed by atoms with E-state index in [2.05, 4.69) is 16.7 Å². The van der Waals surface area contributed by atoms with Crippen molar-refractivity contribution in [2.24, 2.45) is 4.99 Å². The van der Waals surface area contributed by atoms with Gasteiger partial charge in [0.2, 0.25) is 0 Å². The molecule has 0 aromatic carbocycles. The predicted molar refractivity (Wildman–Crippen MR) is 74.2 cm³/mol. The lowest BCUT2D eigenvalue weighted by Crippen LogP contribution is -1.83. The smallest absolute Gasteiger partial charge is 0.0885 e. The van der Waals surface area contributed by atoms with Gasteiger partial charge >= 0.3 is 0 Å². The molecule has 1 aromatic heterocycles. The first-order chi connectivity index (χ1) is 7.81. The molecule has 16 heavy (non-hydrogen) atoms. The van der Waals surface area contributed by atoms with E-state index in [1.807, 2.05) is 64.3 Å². The minimum Gasteiger partial charge on any atom is -0.262 e. The molecule has 0 unspecified atom stereocenters. The van der Waals surface area contributed by atoms with E-state index >= 15 is 0 Å². The summed E-state index contributed by atoms with van der Waals surface area (Å²) in [6, 6.07) is 1.97. The van der Waals surface area contributed by atoms with Gasteiger partial charge in [-0.3, -0.25) is 9.98 Å². The van der Waals surface area contributed by atoms with Crippen molar-refractivity contribution in [2.75, 3.05) is 0 Å². The van der Waals surface area contributed by atoms with Gasteiger partial charge in [-0.2, -0.15) is 0 Å². The standard InChI is InChI=1S/C12H14N2.C2H6/c1-4-6-10-8-12(13-3)11(7-5-2)14-9-10;1-2/h4-9H,3H2,1-2H3;1-2H3/b6-4+,7-5-;. The van der Waals surface area contributed by atoms with Gasteiger partial charge in [-0.25, -0.2) is 0 Å². The largest absolute Gasteiger partial charge is 0.262 e. The Balaban J connectivity index is 0.00000106. The second-order valence-electron chi connectivity index (χ2n) is 2.83. The molecule has 0 aliphatic heterocycles. The van der Waals surface area contributed by atoms with Crippen molar-refractivity contribution >= 4 is 24.6 Å². The second kappa shape index (κ2) is 8.60. The molecule has 2 nitrogen and oxygen atoms in total. The molecule has 0 N–H and O–H groups in total. The fraction of sp³-hybridized carbons (Fsp3) is 0.286. The molecular weight excluding hydrogens is 196 g/mol. The first kappa shape index (κ1) is 14.3. The lowest BCUT2D eigenvalue weighted by atomic mass is 10.2. The summed E-state index contributed by atoms with van der Waals surface area (Å²) < 4.78 is 0. The normalized spacial score (nSPS) is 10.2. The zero-order valence-electron chi connectivity index (χ0n) is 10.6. The maximum absolute atomic E-state index is 4.29. The number of hydrogen-bond acceptors (Lipinski definition) is 2. The summed E-state index contributed by atoms with van der Waals surface area (Å²) >= 11 is 0. The molecule has 1 rings (SSSR count). The third kappa shape index (κ3) is 4.22. The van der Waals surface area contributed by atoms with Gasteiger partial charge in [0.25, 0.3) is 0 Å². The molecule has 0 spiro atoms. The molecular formula is C14H20N2. The van der Waals surface area contributed by atoms with Crippen LogP contribution in [0.15, 0.2) is 29.4 Å². The van der Waals surface area contributed by atoms with Crippen molar-refractivity contribution in [3.8, 4) is 0 Å². The van der Waals surface area contributed by atoms with Crippen molar-refractivity contribution in [3.05, 3.63) is 35.7 Å². The maximum atomic E-state index is 4.29. The number of allylic oxidation sites excluding steroid dienone is 2. The van der Waals surface area contributed by atoms with E-state index in [9.17, 15) is 0 Å². The molecule has 2 heteroatoms. The Kier molecular flexibility index (Phi) is 7.68. The summed E-state index contributed by atoms with van der Waals surface area (Å²) in [5.41, 5.74) is 2.72. The number of aromatic nitrogens is 1. The minimum absolute atomic E-state index is 0.818. The Morgan fingerprint density at radius 3 is 2.31 bits per heavy atom. The van der Waals surface area contributed by atoms with Crippen LogP contribution >= 0.6 is 0 Å². The predicted octanol–water partition coefficient (Wildman–Crippen LogP) is 4.51. The highest BCUT2D eigenvalue weighted by atomic mass is 14.8. The SMILES string of the molecule is C=Nc1cc(/C=C/C)cnc1/C=C\C.CC. The van der Waals surface area contributed by atoms with E-state index in [0.29, 0.717) is 0 Å². The van der Waals surface area contributed by atoms with Crippen molar-refractivity contribution < 1.29 is 0 Å². The molecule has 0 saturated heterocycles. The minimum atomic E-state index is 0.818. The molecule has 0 atom stereocenters. The highest BCUT2D eigenvalue weighted by Gasteiger charge is 1.98. The Morgan fingerprint density at radius 1 is 1.19 bits per heavy atom. The van der Waals surface area contributed by atoms with Crippen molar-refractivity contribution in [3.63, 3.8) is 0 Å². The van der Waals surface area contributed by atoms with Crippen LogP contribution in [0.4, 0.5) is 5.69 Å². The summed E-state index contributed by atoms with van der Waals surface area (Å²) in [6.45, 7) is 11.5. The summed E-state index contributed by atoms with van der Waals surface area (Å²) in [7, 11) is 0. The Bertz CT molecular complexity index is 376. The molecule has 0 aliphatic carbocycles. The summed E-state index contributed by atoms with van der Waals surface area (Å²) in [4.78, 5) is 8.22. The Labute approximate surface area is 98.5 Å². The molecule has 0 saturated carbocycles. The van der Waals surface area contributed by atoms with Crippen molar-refractivity contribution in [2.45, 2.75) is 27.7 Å². The Morgan fingerprint density at radius 2 is 1.81 bits per heavy atom. The molecule has 0 fully saturated rings. The Hall–Kier alpha value is -1.70. The van der Waals surface area contributed by atoms with Crippen LogP contribution in [0.5, 0.6) is 0 Å². The van der Waals surface area contributed by atoms with Crippen LogP contribution in [-0.2, 0) is 0 Å². The molecule has 1 heterocycles. The summed E-state index contributed by atoms with van der Waals surface area (Å²) in [6.07, 6.45) is 9.64. The summed E-state index contributed by atoms with van der Waals surface area (Å²) in [5.74, 6) is 0. The van der Waals surface area contributed by atoms with Gasteiger partial charge in [-0.15, -0.1) is 0 Å². The monoisotopic (exact) mass is 216 g/mol. The first-order valence-electron chi connectivity index (χ1n) is 5.54. The van der Waals surface area contributed by atoms with Crippen LogP contribution in [-0.4, -0.2) is 11.7 Å². The molecule has 0 aliphatic rings. The van der Waals surface area contributed by atoms with E-state index in [1.165, 1.54) is 0 Å². The highest BCUT2D eigenvalue weighted by Crippen LogP contribution is 2.19. The first-order valence-corrected chi connectivity index (χ1v) is 5.54. The summed E-state index contributed by atoms with van der Waals surface area (Å²) in [5, 5.41) is 0. The van der Waals surface area contributed by atoms with Crippen LogP contribution in [0.25, 0.3) is 12.2 Å². The number of hydrogen-bond donors (Lipinski definition) is 0. The molecule has 0 radical (unpaired) electrons. The van der Waals surface area contributed by atoms with E-state index < -0.39 is 0 Å². The average Bonchev–Trinajstić information content (AvgIpc) is 2.34. The lowest BCUT2D eigenvalue weighted by molar-refractivity contribution is 1.27. The van der Waals surface area contributed by atoms with Gasteiger partial charge in [0, 0.05) is 6.20 Å². The van der Waals surface area contributed by atoms with Gasteiger partial charge in [0.15, 0.2) is 0 Å². The van der Waals surface area contributed by atoms with Crippen molar-refractivity contribution in [1.82, 2.24) is 4.98 Å². The topological polar surface area (TPSA) is 25.2 Å². The highest BCUT2D eigenvalue weighted by molar-refractivity contribution is 5.66. The maximum Gasteiger partial charge on any atom is 0.0885 e. The quantitative estimate of drug-likeness (QED) is 0.682. The van der Waals surface area contributed by atoms with Gasteiger partial charge in [-0.05, 0) is 38.3 Å². The average molecular weight is 216 g/mol. The van der Waals surface area contributed by atoms with E-state index in [0.717, 1.165) is 16.9 Å². The number of pyridine rings is 1. The second-order valence-corrected chi connectivity index (χ2v) is 2.83. The number of aliphatic imine (C=N–C) groups is 1. The van der Waals surface area contributed by atoms with Crippen LogP contribution < -0.4 is 0 Å². The molecule has 86 valence electrons. The zero-order chi connectivity index (χ0) is 12.4. The zero-order valence-corrected chi connectivity index (χ0v) is 10.6. The molecule has 0 amide bonds. The van der Waals surface area contributed by atoms with Gasteiger partial charge in [-0.1, -0.05) is 32.1 Å². The van der Waals surface area contributed by atoms with Gasteiger partial charge in [0.05, 0.1) is 11.4 Å². The van der Waals surface area contributed by atoms with Crippen LogP contribution in [0, 0.1) is 0 Å². The van der Waals surface area contributed by atoms with Crippen LogP contribution in [0.2, 0.25) is 0 Å². The van der Waals surface area contributed by atoms with Gasteiger partial charge < -0.3 is 0 Å². The van der Waals surface area contributed by atoms with Gasteiger partial charge in [0.1, 0.15) is 0 Å². The fourth-order valence-corrected chi connectivity index (χ4v) is 1.18. The fourth-order valence-electron chi connectivity index (χ4n) is 1.18. The third-order valence-corrected chi connectivity index (χ3v) is 1.77. The lowest BCUT2D eigenvalue weighted by Gasteiger charge is -2.00. The molecule has 1 aromatic rings.